The molecule has 1 unspecified atom stereocenters. The maximum absolute atomic E-state index is 13.2. The number of rotatable bonds is 5. The normalized spacial score (nSPS) is 16.1. The SMILES string of the molecule is CCS(=N)(=O)c1nn2c(C(=O)NC3CC3)c(C)cnc2c1-c1nc2cc(C(F)(F)F)cnc2n1C. The number of nitrogens with zero attached hydrogens (tertiary/aromatic N) is 6. The Hall–Kier alpha value is -3.55. The van der Waals surface area contributed by atoms with Crippen molar-refractivity contribution >= 4 is 32.4 Å². The third-order valence-corrected chi connectivity index (χ3v) is 7.62. The number of halogens is 3. The molecule has 4 heterocycles. The number of amides is 1. The van der Waals surface area contributed by atoms with Crippen molar-refractivity contribution in [2.24, 2.45) is 7.05 Å². The van der Waals surface area contributed by atoms with Crippen molar-refractivity contribution in [3.63, 3.8) is 0 Å². The minimum Gasteiger partial charge on any atom is -0.348 e. The van der Waals surface area contributed by atoms with Gasteiger partial charge in [0.2, 0.25) is 0 Å². The van der Waals surface area contributed by atoms with Crippen LogP contribution in [-0.2, 0) is 23.0 Å². The topological polar surface area (TPSA) is 131 Å². The van der Waals surface area contributed by atoms with Crippen LogP contribution in [0.3, 0.4) is 0 Å². The third-order valence-electron chi connectivity index (χ3n) is 5.90. The zero-order valence-corrected chi connectivity index (χ0v) is 19.8. The number of fused-ring (bicyclic) bond motifs is 2. The average Bonchev–Trinajstić information content (AvgIpc) is 3.43. The molecule has 5 rings (SSSR count). The number of pyridine rings is 1. The average molecular weight is 507 g/mol. The lowest BCUT2D eigenvalue weighted by Crippen LogP contribution is -2.28. The van der Waals surface area contributed by atoms with Crippen LogP contribution in [0.1, 0.15) is 41.4 Å². The molecule has 2 N–H and O–H groups in total. The number of nitrogens with one attached hydrogen (secondary N) is 2. The molecule has 0 bridgehead atoms. The van der Waals surface area contributed by atoms with Gasteiger partial charge in [-0.1, -0.05) is 6.92 Å². The first-order chi connectivity index (χ1) is 16.4. The highest BCUT2D eigenvalue weighted by molar-refractivity contribution is 7.92. The van der Waals surface area contributed by atoms with E-state index >= 15 is 0 Å². The summed E-state index contributed by atoms with van der Waals surface area (Å²) in [5.41, 5.74) is 0.0957. The van der Waals surface area contributed by atoms with E-state index in [1.807, 2.05) is 0 Å². The molecule has 1 atom stereocenters. The number of hydrogen-bond acceptors (Lipinski definition) is 7. The summed E-state index contributed by atoms with van der Waals surface area (Å²) in [6.07, 6.45) is -0.677. The summed E-state index contributed by atoms with van der Waals surface area (Å²) in [6.45, 7) is 3.25. The van der Waals surface area contributed by atoms with Crippen molar-refractivity contribution in [3.8, 4) is 11.4 Å². The van der Waals surface area contributed by atoms with Gasteiger partial charge in [0.1, 0.15) is 17.0 Å². The Morgan fingerprint density at radius 3 is 2.57 bits per heavy atom. The van der Waals surface area contributed by atoms with Crippen LogP contribution in [0.5, 0.6) is 0 Å². The molecule has 0 spiro atoms. The number of aromatic nitrogens is 6. The van der Waals surface area contributed by atoms with Gasteiger partial charge < -0.3 is 9.88 Å². The lowest BCUT2D eigenvalue weighted by atomic mass is 10.2. The molecule has 1 aliphatic rings. The van der Waals surface area contributed by atoms with Crippen molar-refractivity contribution in [2.75, 3.05) is 5.75 Å². The minimum atomic E-state index is -4.60. The van der Waals surface area contributed by atoms with Crippen LogP contribution in [-0.4, -0.2) is 51.0 Å². The fourth-order valence-corrected chi connectivity index (χ4v) is 4.82. The molecule has 0 radical (unpaired) electrons. The molecular formula is C21H21F3N8O2S. The molecule has 4 aromatic rings. The maximum Gasteiger partial charge on any atom is 0.417 e. The van der Waals surface area contributed by atoms with E-state index in [-0.39, 0.29) is 56.6 Å². The highest BCUT2D eigenvalue weighted by Gasteiger charge is 2.34. The van der Waals surface area contributed by atoms with E-state index in [2.05, 4.69) is 25.4 Å². The summed E-state index contributed by atoms with van der Waals surface area (Å²) in [5, 5.41) is 7.13. The number of aryl methyl sites for hydroxylation is 2. The van der Waals surface area contributed by atoms with Crippen LogP contribution in [0.4, 0.5) is 13.2 Å². The van der Waals surface area contributed by atoms with Crippen LogP contribution in [0.2, 0.25) is 0 Å². The molecule has 1 saturated carbocycles. The van der Waals surface area contributed by atoms with Crippen molar-refractivity contribution in [2.45, 2.75) is 43.9 Å². The Morgan fingerprint density at radius 2 is 1.94 bits per heavy atom. The zero-order valence-electron chi connectivity index (χ0n) is 19.0. The molecule has 1 fully saturated rings. The Labute approximate surface area is 197 Å². The Balaban J connectivity index is 1.81. The van der Waals surface area contributed by atoms with Gasteiger partial charge >= 0.3 is 6.18 Å². The summed E-state index contributed by atoms with van der Waals surface area (Å²) < 4.78 is 64.0. The lowest BCUT2D eigenvalue weighted by Gasteiger charge is -2.08. The molecule has 0 saturated heterocycles. The van der Waals surface area contributed by atoms with E-state index in [1.54, 1.807) is 20.9 Å². The van der Waals surface area contributed by atoms with E-state index in [9.17, 15) is 22.2 Å². The molecule has 1 aliphatic carbocycles. The fourth-order valence-electron chi connectivity index (χ4n) is 3.83. The quantitative estimate of drug-likeness (QED) is 0.427. The van der Waals surface area contributed by atoms with Gasteiger partial charge in [-0.05, 0) is 31.4 Å². The standard InChI is InChI=1S/C21H21F3N8O2S/c1-4-35(25,34)20-14(18-29-13-7-11(21(22,23)24)9-27-16(13)31(18)3)17-26-8-10(2)15(32(17)30-20)19(33)28-12-5-6-12/h7-9,12,25H,4-6H2,1-3H3,(H,28,33). The van der Waals surface area contributed by atoms with Crippen LogP contribution < -0.4 is 5.32 Å². The molecule has 10 nitrogen and oxygen atoms in total. The van der Waals surface area contributed by atoms with Gasteiger partial charge in [0, 0.05) is 31.2 Å². The fraction of sp³-hybridized carbons (Fsp3) is 0.381. The van der Waals surface area contributed by atoms with E-state index in [0.717, 1.165) is 18.9 Å². The van der Waals surface area contributed by atoms with Crippen LogP contribution in [0.15, 0.2) is 23.5 Å². The van der Waals surface area contributed by atoms with E-state index in [4.69, 9.17) is 4.78 Å². The molecule has 4 aromatic heterocycles. The maximum atomic E-state index is 13.2. The smallest absolute Gasteiger partial charge is 0.348 e. The first-order valence-corrected chi connectivity index (χ1v) is 12.5. The van der Waals surface area contributed by atoms with Gasteiger partial charge in [-0.3, -0.25) is 4.79 Å². The van der Waals surface area contributed by atoms with Gasteiger partial charge in [0.15, 0.2) is 16.3 Å². The van der Waals surface area contributed by atoms with Crippen molar-refractivity contribution in [1.29, 1.82) is 4.78 Å². The number of hydrogen-bond donors (Lipinski definition) is 2. The van der Waals surface area contributed by atoms with Crippen molar-refractivity contribution < 1.29 is 22.2 Å². The molecule has 1 amide bonds. The summed E-state index contributed by atoms with van der Waals surface area (Å²) in [7, 11) is -1.90. The number of alkyl halides is 3. The minimum absolute atomic E-state index is 0.0329. The first kappa shape index (κ1) is 23.2. The van der Waals surface area contributed by atoms with Gasteiger partial charge in [0.05, 0.1) is 20.9 Å². The summed E-state index contributed by atoms with van der Waals surface area (Å²) in [5.74, 6) is -0.366. The predicted molar refractivity (Wildman–Crippen MR) is 120 cm³/mol. The molecule has 184 valence electrons. The Kier molecular flexibility index (Phi) is 5.12. The van der Waals surface area contributed by atoms with Crippen LogP contribution in [0, 0.1) is 11.7 Å². The van der Waals surface area contributed by atoms with Crippen LogP contribution in [0.25, 0.3) is 28.2 Å². The third kappa shape index (κ3) is 3.81. The predicted octanol–water partition coefficient (Wildman–Crippen LogP) is 3.32. The molecule has 35 heavy (non-hydrogen) atoms. The van der Waals surface area contributed by atoms with Gasteiger partial charge in [-0.15, -0.1) is 0 Å². The monoisotopic (exact) mass is 506 g/mol. The van der Waals surface area contributed by atoms with E-state index in [1.165, 1.54) is 15.3 Å². The molecule has 0 aromatic carbocycles. The second-order valence-corrected chi connectivity index (χ2v) is 10.8. The molecular weight excluding hydrogens is 485 g/mol. The summed E-state index contributed by atoms with van der Waals surface area (Å²) >= 11 is 0. The largest absolute Gasteiger partial charge is 0.417 e. The van der Waals surface area contributed by atoms with Gasteiger partial charge in [-0.2, -0.15) is 18.3 Å². The Bertz CT molecular complexity index is 1620. The highest BCUT2D eigenvalue weighted by Crippen LogP contribution is 2.35. The highest BCUT2D eigenvalue weighted by atomic mass is 32.2. The van der Waals surface area contributed by atoms with Crippen molar-refractivity contribution in [1.82, 2.24) is 34.4 Å². The van der Waals surface area contributed by atoms with Crippen molar-refractivity contribution in [3.05, 3.63) is 35.3 Å². The number of carbonyl (C=O) groups is 1. The second-order valence-electron chi connectivity index (χ2n) is 8.48. The molecule has 14 heteroatoms. The first-order valence-electron chi connectivity index (χ1n) is 10.8. The van der Waals surface area contributed by atoms with E-state index < -0.39 is 21.5 Å². The van der Waals surface area contributed by atoms with Gasteiger partial charge in [0.25, 0.3) is 5.91 Å². The van der Waals surface area contributed by atoms with Crippen LogP contribution >= 0.6 is 0 Å². The molecule has 0 aliphatic heterocycles. The summed E-state index contributed by atoms with van der Waals surface area (Å²) in [6, 6.07) is 0.950. The lowest BCUT2D eigenvalue weighted by molar-refractivity contribution is -0.137. The number of imidazole rings is 1. The Morgan fingerprint density at radius 1 is 1.26 bits per heavy atom. The second kappa shape index (κ2) is 7.73. The zero-order chi connectivity index (χ0) is 25.3. The summed E-state index contributed by atoms with van der Waals surface area (Å²) in [4.78, 5) is 25.6. The van der Waals surface area contributed by atoms with Gasteiger partial charge in [-0.25, -0.2) is 28.5 Å². The number of carbonyl (C=O) groups excluding carboxylic acids is 1. The van der Waals surface area contributed by atoms with E-state index in [0.29, 0.717) is 11.8 Å².